The van der Waals surface area contributed by atoms with Crippen molar-refractivity contribution in [2.45, 2.75) is 71.9 Å². The normalized spacial score (nSPS) is 22.1. The first-order valence-corrected chi connectivity index (χ1v) is 7.88. The largest absolute Gasteiger partial charge is 0.480 e. The Hall–Kier alpha value is -0.610. The molecule has 1 fully saturated rings. The Morgan fingerprint density at radius 3 is 2.50 bits per heavy atom. The van der Waals surface area contributed by atoms with E-state index in [2.05, 4.69) is 24.1 Å². The van der Waals surface area contributed by atoms with E-state index in [1.54, 1.807) is 6.92 Å². The molecule has 0 spiro atoms. The first-order chi connectivity index (χ1) is 9.15. The lowest BCUT2D eigenvalue weighted by molar-refractivity contribution is -0.144. The van der Waals surface area contributed by atoms with Gasteiger partial charge in [0.25, 0.3) is 0 Å². The summed E-state index contributed by atoms with van der Waals surface area (Å²) < 4.78 is 0. The van der Waals surface area contributed by atoms with Crippen LogP contribution in [0.5, 0.6) is 0 Å². The van der Waals surface area contributed by atoms with Gasteiger partial charge in [-0.25, -0.2) is 0 Å². The molecule has 1 rings (SSSR count). The van der Waals surface area contributed by atoms with Crippen LogP contribution in [0.3, 0.4) is 0 Å². The van der Waals surface area contributed by atoms with E-state index < -0.39 is 11.5 Å². The number of carboxylic acids is 1. The lowest BCUT2D eigenvalue weighted by atomic mass is 9.93. The van der Waals surface area contributed by atoms with Gasteiger partial charge in [0, 0.05) is 12.6 Å². The Labute approximate surface area is 123 Å². The van der Waals surface area contributed by atoms with Crippen LogP contribution >= 0.6 is 0 Å². The van der Waals surface area contributed by atoms with Crippen LogP contribution in [0.25, 0.3) is 0 Å². The third kappa shape index (κ3) is 5.41. The van der Waals surface area contributed by atoms with Gasteiger partial charge in [-0.2, -0.15) is 0 Å². The van der Waals surface area contributed by atoms with Crippen LogP contribution < -0.4 is 5.32 Å². The summed E-state index contributed by atoms with van der Waals surface area (Å²) >= 11 is 0. The van der Waals surface area contributed by atoms with Crippen LogP contribution in [-0.2, 0) is 4.79 Å². The van der Waals surface area contributed by atoms with Crippen molar-refractivity contribution in [1.29, 1.82) is 0 Å². The Kier molecular flexibility index (Phi) is 6.02. The van der Waals surface area contributed by atoms with E-state index in [1.165, 1.54) is 19.5 Å². The minimum atomic E-state index is -0.793. The van der Waals surface area contributed by atoms with Crippen molar-refractivity contribution in [3.05, 3.63) is 0 Å². The monoisotopic (exact) mass is 284 g/mol. The van der Waals surface area contributed by atoms with Gasteiger partial charge in [0.2, 0.25) is 0 Å². The Bertz CT molecular complexity index is 328. The van der Waals surface area contributed by atoms with Crippen molar-refractivity contribution in [3.8, 4) is 0 Å². The molecule has 1 aliphatic rings. The van der Waals surface area contributed by atoms with Gasteiger partial charge < -0.3 is 10.0 Å². The SMILES string of the molecule is CC(C)NC(C)(CCCCN1CCC(C)(C)C1)C(=O)O. The van der Waals surface area contributed by atoms with E-state index in [9.17, 15) is 9.90 Å². The summed E-state index contributed by atoms with van der Waals surface area (Å²) in [4.78, 5) is 13.9. The zero-order valence-corrected chi connectivity index (χ0v) is 13.8. The summed E-state index contributed by atoms with van der Waals surface area (Å²) in [6.45, 7) is 13.9. The molecule has 118 valence electrons. The molecule has 0 aromatic rings. The predicted octanol–water partition coefficient (Wildman–Crippen LogP) is 2.73. The lowest BCUT2D eigenvalue weighted by Crippen LogP contribution is -2.52. The molecule has 0 amide bonds. The van der Waals surface area contributed by atoms with Crippen LogP contribution in [0.15, 0.2) is 0 Å². The molecule has 0 aromatic carbocycles. The summed E-state index contributed by atoms with van der Waals surface area (Å²) in [6, 6.07) is 0.190. The van der Waals surface area contributed by atoms with Gasteiger partial charge in [0.15, 0.2) is 0 Å². The highest BCUT2D eigenvalue weighted by atomic mass is 16.4. The number of likely N-dealkylation sites (tertiary alicyclic amines) is 1. The van der Waals surface area contributed by atoms with Gasteiger partial charge in [-0.3, -0.25) is 10.1 Å². The fraction of sp³-hybridized carbons (Fsp3) is 0.938. The number of aliphatic carboxylic acids is 1. The van der Waals surface area contributed by atoms with Crippen LogP contribution in [0.4, 0.5) is 0 Å². The molecule has 20 heavy (non-hydrogen) atoms. The first kappa shape index (κ1) is 17.4. The fourth-order valence-corrected chi connectivity index (χ4v) is 3.11. The van der Waals surface area contributed by atoms with E-state index >= 15 is 0 Å². The Morgan fingerprint density at radius 1 is 1.40 bits per heavy atom. The average Bonchev–Trinajstić information content (AvgIpc) is 2.63. The minimum Gasteiger partial charge on any atom is -0.480 e. The fourth-order valence-electron chi connectivity index (χ4n) is 3.11. The molecule has 4 nitrogen and oxygen atoms in total. The van der Waals surface area contributed by atoms with E-state index in [0.29, 0.717) is 11.8 Å². The molecule has 1 saturated heterocycles. The van der Waals surface area contributed by atoms with Gasteiger partial charge in [0.1, 0.15) is 5.54 Å². The molecular weight excluding hydrogens is 252 g/mol. The lowest BCUT2D eigenvalue weighted by Gasteiger charge is -2.29. The van der Waals surface area contributed by atoms with E-state index in [1.807, 2.05) is 13.8 Å². The van der Waals surface area contributed by atoms with Crippen molar-refractivity contribution < 1.29 is 9.90 Å². The first-order valence-electron chi connectivity index (χ1n) is 7.88. The highest BCUT2D eigenvalue weighted by molar-refractivity contribution is 5.78. The van der Waals surface area contributed by atoms with Crippen LogP contribution in [0.1, 0.15) is 60.3 Å². The number of unbranched alkanes of at least 4 members (excludes halogenated alkanes) is 1. The molecular formula is C16H32N2O2. The molecule has 2 N–H and O–H groups in total. The standard InChI is InChI=1S/C16H32N2O2/c1-13(2)17-16(5,14(19)20)8-6-7-10-18-11-9-15(3,4)12-18/h13,17H,6-12H2,1-5H3,(H,19,20). The number of carboxylic acid groups (broad SMARTS) is 1. The van der Waals surface area contributed by atoms with E-state index in [0.717, 1.165) is 19.4 Å². The molecule has 0 saturated carbocycles. The molecule has 1 unspecified atom stereocenters. The molecule has 1 atom stereocenters. The second-order valence-electron chi connectivity index (χ2n) is 7.58. The third-order valence-corrected chi connectivity index (χ3v) is 4.24. The topological polar surface area (TPSA) is 52.6 Å². The highest BCUT2D eigenvalue weighted by Crippen LogP contribution is 2.29. The van der Waals surface area contributed by atoms with Gasteiger partial charge in [-0.1, -0.05) is 13.8 Å². The number of rotatable bonds is 8. The average molecular weight is 284 g/mol. The van der Waals surface area contributed by atoms with Crippen molar-refractivity contribution in [2.75, 3.05) is 19.6 Å². The second kappa shape index (κ2) is 6.90. The molecule has 0 bridgehead atoms. The maximum absolute atomic E-state index is 11.4. The van der Waals surface area contributed by atoms with Gasteiger partial charge in [-0.15, -0.1) is 0 Å². The van der Waals surface area contributed by atoms with Gasteiger partial charge in [-0.05, 0) is 65.0 Å². The Balaban J connectivity index is 2.30. The summed E-state index contributed by atoms with van der Waals surface area (Å²) in [5, 5.41) is 12.6. The van der Waals surface area contributed by atoms with E-state index in [-0.39, 0.29) is 6.04 Å². The second-order valence-corrected chi connectivity index (χ2v) is 7.58. The third-order valence-electron chi connectivity index (χ3n) is 4.24. The number of carbonyl (C=O) groups is 1. The van der Waals surface area contributed by atoms with Crippen LogP contribution in [0.2, 0.25) is 0 Å². The number of nitrogens with zero attached hydrogens (tertiary/aromatic N) is 1. The summed E-state index contributed by atoms with van der Waals surface area (Å²) in [5.74, 6) is -0.742. The molecule has 0 aliphatic carbocycles. The van der Waals surface area contributed by atoms with Crippen molar-refractivity contribution >= 4 is 5.97 Å². The van der Waals surface area contributed by atoms with Gasteiger partial charge >= 0.3 is 5.97 Å². The Morgan fingerprint density at radius 2 is 2.05 bits per heavy atom. The van der Waals surface area contributed by atoms with Crippen molar-refractivity contribution in [1.82, 2.24) is 10.2 Å². The highest BCUT2D eigenvalue weighted by Gasteiger charge is 2.33. The zero-order valence-electron chi connectivity index (χ0n) is 13.8. The maximum atomic E-state index is 11.4. The summed E-state index contributed by atoms with van der Waals surface area (Å²) in [5.41, 5.74) is -0.340. The van der Waals surface area contributed by atoms with Gasteiger partial charge in [0.05, 0.1) is 0 Å². The summed E-state index contributed by atoms with van der Waals surface area (Å²) in [6.07, 6.45) is 4.00. The zero-order chi connectivity index (χ0) is 15.4. The van der Waals surface area contributed by atoms with Crippen LogP contribution in [-0.4, -0.2) is 47.2 Å². The molecule has 0 aromatic heterocycles. The smallest absolute Gasteiger partial charge is 0.323 e. The minimum absolute atomic E-state index is 0.190. The molecule has 1 heterocycles. The van der Waals surface area contributed by atoms with E-state index in [4.69, 9.17) is 0 Å². The number of hydrogen-bond donors (Lipinski definition) is 2. The number of hydrogen-bond acceptors (Lipinski definition) is 3. The van der Waals surface area contributed by atoms with Crippen molar-refractivity contribution in [3.63, 3.8) is 0 Å². The molecule has 1 aliphatic heterocycles. The maximum Gasteiger partial charge on any atom is 0.323 e. The van der Waals surface area contributed by atoms with Crippen molar-refractivity contribution in [2.24, 2.45) is 5.41 Å². The number of nitrogens with one attached hydrogen (secondary N) is 1. The predicted molar refractivity (Wildman–Crippen MR) is 83.0 cm³/mol. The molecule has 4 heteroatoms. The molecule has 0 radical (unpaired) electrons. The quantitative estimate of drug-likeness (QED) is 0.673. The summed E-state index contributed by atoms with van der Waals surface area (Å²) in [7, 11) is 0. The van der Waals surface area contributed by atoms with Crippen LogP contribution in [0, 0.1) is 5.41 Å².